The van der Waals surface area contributed by atoms with E-state index in [0.717, 1.165) is 24.8 Å². The zero-order valence-corrected chi connectivity index (χ0v) is 21.6. The fourth-order valence-electron chi connectivity index (χ4n) is 4.67. The molecule has 2 aliphatic heterocycles. The first-order valence-electron chi connectivity index (χ1n) is 11.9. The van der Waals surface area contributed by atoms with Crippen LogP contribution in [0.4, 0.5) is 0 Å². The highest BCUT2D eigenvalue weighted by Gasteiger charge is 2.37. The molecule has 2 aliphatic rings. The number of rotatable bonds is 9. The highest BCUT2D eigenvalue weighted by molar-refractivity contribution is 7.91. The van der Waals surface area contributed by atoms with Crippen LogP contribution in [0.1, 0.15) is 45.6 Å². The Bertz CT molecular complexity index is 1020. The molecule has 2 fully saturated rings. The van der Waals surface area contributed by atoms with Gasteiger partial charge >= 0.3 is 0 Å². The van der Waals surface area contributed by atoms with Gasteiger partial charge in [-0.05, 0) is 43.9 Å². The summed E-state index contributed by atoms with van der Waals surface area (Å²) in [5.74, 6) is 0.0919. The summed E-state index contributed by atoms with van der Waals surface area (Å²) >= 11 is 0. The summed E-state index contributed by atoms with van der Waals surface area (Å²) in [4.78, 5) is 17.2. The quantitative estimate of drug-likeness (QED) is 0.514. The first kappa shape index (κ1) is 26.1. The minimum Gasteiger partial charge on any atom is -0.335 e. The lowest BCUT2D eigenvalue weighted by Gasteiger charge is -2.38. The van der Waals surface area contributed by atoms with Crippen molar-refractivity contribution in [1.82, 2.24) is 14.1 Å². The molecular formula is C23H37N3O5S2. The number of hydrogen-bond acceptors (Lipinski definition) is 6. The van der Waals surface area contributed by atoms with E-state index in [9.17, 15) is 21.6 Å². The molecule has 1 aromatic rings. The van der Waals surface area contributed by atoms with Crippen LogP contribution >= 0.6 is 0 Å². The second kappa shape index (κ2) is 10.8. The van der Waals surface area contributed by atoms with E-state index in [0.29, 0.717) is 37.5 Å². The van der Waals surface area contributed by atoms with Gasteiger partial charge in [-0.25, -0.2) is 16.8 Å². The summed E-state index contributed by atoms with van der Waals surface area (Å²) in [6, 6.07) is 6.80. The smallest absolute Gasteiger partial charge is 0.243 e. The fourth-order valence-corrected chi connectivity index (χ4v) is 7.80. The number of sulfone groups is 1. The lowest BCUT2D eigenvalue weighted by atomic mass is 10.1. The molecular weight excluding hydrogens is 462 g/mol. The number of amides is 1. The van der Waals surface area contributed by atoms with Gasteiger partial charge in [0.2, 0.25) is 15.9 Å². The molecule has 0 N–H and O–H groups in total. The van der Waals surface area contributed by atoms with Crippen LogP contribution in [0.5, 0.6) is 0 Å². The summed E-state index contributed by atoms with van der Waals surface area (Å²) in [6.07, 6.45) is 3.18. The summed E-state index contributed by atoms with van der Waals surface area (Å²) in [5, 5.41) is 0. The molecule has 1 amide bonds. The lowest BCUT2D eigenvalue weighted by Crippen LogP contribution is -2.54. The van der Waals surface area contributed by atoms with Crippen LogP contribution in [-0.4, -0.2) is 93.2 Å². The summed E-state index contributed by atoms with van der Waals surface area (Å²) in [5.41, 5.74) is 1.13. The van der Waals surface area contributed by atoms with Gasteiger partial charge in [0.15, 0.2) is 9.84 Å². The van der Waals surface area contributed by atoms with Crippen LogP contribution < -0.4 is 0 Å². The maximum absolute atomic E-state index is 13.2. The molecule has 0 aromatic heterocycles. The van der Waals surface area contributed by atoms with Gasteiger partial charge < -0.3 is 4.90 Å². The van der Waals surface area contributed by atoms with E-state index in [2.05, 4.69) is 6.92 Å². The number of sulfonamides is 1. The molecule has 186 valence electrons. The Balaban J connectivity index is 1.60. The van der Waals surface area contributed by atoms with Gasteiger partial charge in [0.05, 0.1) is 22.9 Å². The van der Waals surface area contributed by atoms with Gasteiger partial charge in [-0.3, -0.25) is 9.69 Å². The molecule has 2 saturated heterocycles. The second-order valence-electron chi connectivity index (χ2n) is 9.19. The number of carbonyl (C=O) groups excluding carboxylic acids is 1. The Labute approximate surface area is 198 Å². The molecule has 0 radical (unpaired) electrons. The maximum atomic E-state index is 13.2. The topological polar surface area (TPSA) is 95.1 Å². The molecule has 2 heterocycles. The predicted molar refractivity (Wildman–Crippen MR) is 129 cm³/mol. The van der Waals surface area contributed by atoms with Gasteiger partial charge in [0, 0.05) is 38.3 Å². The second-order valence-corrected chi connectivity index (χ2v) is 13.4. The van der Waals surface area contributed by atoms with Crippen molar-refractivity contribution in [2.75, 3.05) is 44.2 Å². The Morgan fingerprint density at radius 3 is 2.27 bits per heavy atom. The normalized spacial score (nSPS) is 22.8. The van der Waals surface area contributed by atoms with Crippen LogP contribution in [0.15, 0.2) is 29.2 Å². The lowest BCUT2D eigenvalue weighted by molar-refractivity contribution is -0.137. The summed E-state index contributed by atoms with van der Waals surface area (Å²) in [6.45, 7) is 7.81. The number of benzene rings is 1. The van der Waals surface area contributed by atoms with Crippen molar-refractivity contribution in [2.45, 2.75) is 63.4 Å². The molecule has 0 aliphatic carbocycles. The molecule has 1 aromatic carbocycles. The molecule has 2 atom stereocenters. The van der Waals surface area contributed by atoms with E-state index in [1.165, 1.54) is 4.31 Å². The van der Waals surface area contributed by atoms with Crippen LogP contribution in [-0.2, 0) is 31.1 Å². The molecule has 0 spiro atoms. The van der Waals surface area contributed by atoms with Gasteiger partial charge in [0.25, 0.3) is 0 Å². The number of carbonyl (C=O) groups is 1. The Hall–Kier alpha value is -1.49. The number of aryl methyl sites for hydroxylation is 1. The zero-order chi connectivity index (χ0) is 24.2. The molecule has 10 heteroatoms. The zero-order valence-electron chi connectivity index (χ0n) is 19.9. The van der Waals surface area contributed by atoms with Crippen molar-refractivity contribution in [1.29, 1.82) is 0 Å². The van der Waals surface area contributed by atoms with Crippen LogP contribution in [0.2, 0.25) is 0 Å². The van der Waals surface area contributed by atoms with Gasteiger partial charge in [-0.1, -0.05) is 32.4 Å². The third-order valence-corrected chi connectivity index (χ3v) is 10.4. The SMILES string of the molecule is CCCc1ccc(S(=O)(=O)N2CCN(CC(=O)N([C@@H]3CCS(=O)(=O)C3)[C@@H](C)CC)CC2)cc1. The third-order valence-electron chi connectivity index (χ3n) is 6.75. The Kier molecular flexibility index (Phi) is 8.58. The van der Waals surface area contributed by atoms with E-state index in [1.54, 1.807) is 17.0 Å². The molecule has 0 saturated carbocycles. The van der Waals surface area contributed by atoms with Crippen molar-refractivity contribution >= 4 is 25.8 Å². The summed E-state index contributed by atoms with van der Waals surface area (Å²) < 4.78 is 51.5. The van der Waals surface area contributed by atoms with Crippen molar-refractivity contribution < 1.29 is 21.6 Å². The number of nitrogens with zero attached hydrogens (tertiary/aromatic N) is 3. The highest BCUT2D eigenvalue weighted by Crippen LogP contribution is 2.23. The van der Waals surface area contributed by atoms with E-state index in [1.807, 2.05) is 30.9 Å². The van der Waals surface area contributed by atoms with Crippen molar-refractivity contribution in [3.05, 3.63) is 29.8 Å². The molecule has 3 rings (SSSR count). The Morgan fingerprint density at radius 2 is 1.76 bits per heavy atom. The molecule has 0 unspecified atom stereocenters. The third kappa shape index (κ3) is 6.35. The minimum absolute atomic E-state index is 0.0339. The van der Waals surface area contributed by atoms with Crippen LogP contribution in [0.25, 0.3) is 0 Å². The average molecular weight is 500 g/mol. The van der Waals surface area contributed by atoms with Crippen molar-refractivity contribution in [2.24, 2.45) is 0 Å². The fraction of sp³-hybridized carbons (Fsp3) is 0.696. The first-order valence-corrected chi connectivity index (χ1v) is 15.2. The number of hydrogen-bond donors (Lipinski definition) is 0. The van der Waals surface area contributed by atoms with Crippen molar-refractivity contribution in [3.63, 3.8) is 0 Å². The predicted octanol–water partition coefficient (Wildman–Crippen LogP) is 1.76. The average Bonchev–Trinajstić information content (AvgIpc) is 3.13. The number of piperazine rings is 1. The Morgan fingerprint density at radius 1 is 1.12 bits per heavy atom. The van der Waals surface area contributed by atoms with E-state index in [4.69, 9.17) is 0 Å². The summed E-state index contributed by atoms with van der Waals surface area (Å²) in [7, 11) is -6.65. The van der Waals surface area contributed by atoms with E-state index in [-0.39, 0.29) is 36.0 Å². The van der Waals surface area contributed by atoms with Crippen molar-refractivity contribution in [3.8, 4) is 0 Å². The maximum Gasteiger partial charge on any atom is 0.243 e. The molecule has 8 nitrogen and oxygen atoms in total. The molecule has 33 heavy (non-hydrogen) atoms. The monoisotopic (exact) mass is 499 g/mol. The highest BCUT2D eigenvalue weighted by atomic mass is 32.2. The van der Waals surface area contributed by atoms with E-state index >= 15 is 0 Å². The van der Waals surface area contributed by atoms with Crippen LogP contribution in [0, 0.1) is 0 Å². The van der Waals surface area contributed by atoms with Crippen LogP contribution in [0.3, 0.4) is 0 Å². The van der Waals surface area contributed by atoms with Gasteiger partial charge in [-0.2, -0.15) is 4.31 Å². The van der Waals surface area contributed by atoms with Gasteiger partial charge in [0.1, 0.15) is 0 Å². The van der Waals surface area contributed by atoms with E-state index < -0.39 is 19.9 Å². The molecule has 0 bridgehead atoms. The minimum atomic E-state index is -3.56. The first-order chi connectivity index (χ1) is 15.6. The largest absolute Gasteiger partial charge is 0.335 e. The van der Waals surface area contributed by atoms with Gasteiger partial charge in [-0.15, -0.1) is 0 Å². The standard InChI is InChI=1S/C23H37N3O5S2/c1-4-6-20-7-9-22(10-8-20)33(30,31)25-14-12-24(13-15-25)17-23(27)26(19(3)5-2)21-11-16-32(28,29)18-21/h7-10,19,21H,4-6,11-18H2,1-3H3/t19-,21+/m0/s1.